The monoisotopic (exact) mass is 287 g/mol. The first-order valence-electron chi connectivity index (χ1n) is 6.77. The Morgan fingerprint density at radius 2 is 2.15 bits per heavy atom. The quantitative estimate of drug-likeness (QED) is 0.588. The summed E-state index contributed by atoms with van der Waals surface area (Å²) >= 11 is 1.65. The van der Waals surface area contributed by atoms with E-state index in [0.29, 0.717) is 0 Å². The van der Waals surface area contributed by atoms with Gasteiger partial charge in [-0.1, -0.05) is 39.5 Å². The Bertz CT molecular complexity index is 515. The van der Waals surface area contributed by atoms with Crippen molar-refractivity contribution in [2.45, 2.75) is 27.2 Å². The minimum Gasteiger partial charge on any atom is -0.237 e. The number of aromatic nitrogens is 1. The van der Waals surface area contributed by atoms with Gasteiger partial charge in [0.05, 0.1) is 6.21 Å². The van der Waals surface area contributed by atoms with Crippen molar-refractivity contribution in [1.29, 1.82) is 0 Å². The average Bonchev–Trinajstić information content (AvgIpc) is 3.04. The number of nitrogens with zero attached hydrogens (tertiary/aromatic N) is 3. The number of anilines is 1. The van der Waals surface area contributed by atoms with Gasteiger partial charge in [-0.3, -0.25) is 0 Å². The van der Waals surface area contributed by atoms with E-state index in [4.69, 9.17) is 0 Å². The molecule has 4 heteroatoms. The van der Waals surface area contributed by atoms with Crippen molar-refractivity contribution < 1.29 is 0 Å². The van der Waals surface area contributed by atoms with E-state index < -0.39 is 0 Å². The second-order valence-electron chi connectivity index (χ2n) is 3.67. The maximum atomic E-state index is 4.36. The van der Waals surface area contributed by atoms with E-state index in [-0.39, 0.29) is 0 Å². The second-order valence-corrected chi connectivity index (χ2v) is 4.64. The van der Waals surface area contributed by atoms with Crippen LogP contribution in [0.5, 0.6) is 0 Å². The molecule has 0 aromatic carbocycles. The van der Waals surface area contributed by atoms with Gasteiger partial charge < -0.3 is 0 Å². The zero-order valence-electron chi connectivity index (χ0n) is 12.3. The second kappa shape index (κ2) is 9.04. The summed E-state index contributed by atoms with van der Waals surface area (Å²) in [6, 6.07) is 8.02. The predicted octanol–water partition coefficient (Wildman–Crippen LogP) is 4.72. The van der Waals surface area contributed by atoms with E-state index >= 15 is 0 Å². The first-order chi connectivity index (χ1) is 9.83. The molecule has 0 bridgehead atoms. The fourth-order valence-electron chi connectivity index (χ4n) is 1.44. The van der Waals surface area contributed by atoms with Crippen LogP contribution in [-0.2, 0) is 6.42 Å². The number of rotatable bonds is 5. The van der Waals surface area contributed by atoms with Gasteiger partial charge in [0.2, 0.25) is 0 Å². The normalized spacial score (nSPS) is 9.95. The standard InChI is InChI=1S/C14H15N3S.C2H6/c1-3-12-7-8-14(15-10-12)17(4-2)16-11-13-6-5-9-18-13;1-2/h4-11H,2-3H2,1H3;1-2H3/b16-11+;. The Hall–Kier alpha value is -1.94. The van der Waals surface area contributed by atoms with Crippen molar-refractivity contribution in [3.63, 3.8) is 0 Å². The van der Waals surface area contributed by atoms with E-state index in [1.54, 1.807) is 22.5 Å². The summed E-state index contributed by atoms with van der Waals surface area (Å²) in [5.74, 6) is 0.773. The number of hydrogen-bond acceptors (Lipinski definition) is 4. The molecule has 106 valence electrons. The third kappa shape index (κ3) is 4.63. The van der Waals surface area contributed by atoms with Gasteiger partial charge in [-0.15, -0.1) is 11.3 Å². The zero-order chi connectivity index (χ0) is 14.8. The van der Waals surface area contributed by atoms with Crippen LogP contribution in [0, 0.1) is 0 Å². The molecule has 2 heterocycles. The van der Waals surface area contributed by atoms with Crippen LogP contribution in [0.25, 0.3) is 0 Å². The number of aryl methyl sites for hydroxylation is 1. The van der Waals surface area contributed by atoms with Gasteiger partial charge in [0.1, 0.15) is 0 Å². The fourth-order valence-corrected chi connectivity index (χ4v) is 2.02. The lowest BCUT2D eigenvalue weighted by molar-refractivity contribution is 1.02. The van der Waals surface area contributed by atoms with Gasteiger partial charge in [-0.2, -0.15) is 5.10 Å². The lowest BCUT2D eigenvalue weighted by atomic mass is 10.2. The van der Waals surface area contributed by atoms with Gasteiger partial charge in [0.15, 0.2) is 5.82 Å². The Labute approximate surface area is 125 Å². The highest BCUT2D eigenvalue weighted by atomic mass is 32.1. The van der Waals surface area contributed by atoms with Crippen LogP contribution in [0.1, 0.15) is 31.2 Å². The van der Waals surface area contributed by atoms with Crippen molar-refractivity contribution in [2.75, 3.05) is 5.01 Å². The van der Waals surface area contributed by atoms with Crippen molar-refractivity contribution in [3.8, 4) is 0 Å². The summed E-state index contributed by atoms with van der Waals surface area (Å²) in [5.41, 5.74) is 1.21. The third-order valence-electron chi connectivity index (χ3n) is 2.48. The molecular weight excluding hydrogens is 266 g/mol. The van der Waals surface area contributed by atoms with Crippen LogP contribution < -0.4 is 5.01 Å². The minimum absolute atomic E-state index is 0.773. The molecule has 20 heavy (non-hydrogen) atoms. The summed E-state index contributed by atoms with van der Waals surface area (Å²) in [7, 11) is 0. The fraction of sp³-hybridized carbons (Fsp3) is 0.250. The highest BCUT2D eigenvalue weighted by Crippen LogP contribution is 2.13. The molecule has 2 aromatic heterocycles. The van der Waals surface area contributed by atoms with Crippen LogP contribution in [0.15, 0.2) is 53.7 Å². The molecule has 0 fully saturated rings. The van der Waals surface area contributed by atoms with E-state index in [9.17, 15) is 0 Å². The van der Waals surface area contributed by atoms with Gasteiger partial charge in [-0.25, -0.2) is 9.99 Å². The minimum atomic E-state index is 0.773. The van der Waals surface area contributed by atoms with Crippen LogP contribution in [0.3, 0.4) is 0 Å². The maximum Gasteiger partial charge on any atom is 0.153 e. The zero-order valence-corrected chi connectivity index (χ0v) is 13.1. The molecule has 2 rings (SSSR count). The van der Waals surface area contributed by atoms with Crippen LogP contribution in [-0.4, -0.2) is 11.2 Å². The lowest BCUT2D eigenvalue weighted by Gasteiger charge is -2.12. The van der Waals surface area contributed by atoms with Gasteiger partial charge in [-0.05, 0) is 29.5 Å². The molecule has 2 aromatic rings. The van der Waals surface area contributed by atoms with Gasteiger partial charge >= 0.3 is 0 Å². The maximum absolute atomic E-state index is 4.36. The summed E-state index contributed by atoms with van der Waals surface area (Å²) in [4.78, 5) is 5.47. The molecular formula is C16H21N3S. The summed E-state index contributed by atoms with van der Waals surface area (Å²) in [5, 5.41) is 8.04. The Morgan fingerprint density at radius 3 is 2.65 bits per heavy atom. The molecule has 0 amide bonds. The number of hydrogen-bond donors (Lipinski definition) is 0. The lowest BCUT2D eigenvalue weighted by Crippen LogP contribution is -2.08. The summed E-state index contributed by atoms with van der Waals surface area (Å²) < 4.78 is 0. The molecule has 0 atom stereocenters. The smallest absolute Gasteiger partial charge is 0.153 e. The molecule has 0 spiro atoms. The highest BCUT2D eigenvalue weighted by molar-refractivity contribution is 7.11. The number of hydrazone groups is 1. The third-order valence-corrected chi connectivity index (χ3v) is 3.28. The molecule has 0 saturated carbocycles. The summed E-state index contributed by atoms with van der Waals surface area (Å²) in [6.45, 7) is 9.86. The van der Waals surface area contributed by atoms with Crippen molar-refractivity contribution in [1.82, 2.24) is 4.98 Å². The molecule has 3 nitrogen and oxygen atoms in total. The predicted molar refractivity (Wildman–Crippen MR) is 89.6 cm³/mol. The van der Waals surface area contributed by atoms with E-state index in [2.05, 4.69) is 29.7 Å². The molecule has 0 aliphatic carbocycles. The van der Waals surface area contributed by atoms with Crippen LogP contribution >= 0.6 is 11.3 Å². The van der Waals surface area contributed by atoms with E-state index in [1.165, 1.54) is 5.56 Å². The molecule has 0 radical (unpaired) electrons. The van der Waals surface area contributed by atoms with Crippen LogP contribution in [0.4, 0.5) is 5.82 Å². The molecule has 0 aliphatic rings. The SMILES string of the molecule is C=CN(/N=C/c1cccs1)c1ccc(CC)cn1.CC. The van der Waals surface area contributed by atoms with Crippen molar-refractivity contribution in [3.05, 3.63) is 59.1 Å². The molecule has 0 unspecified atom stereocenters. The average molecular weight is 287 g/mol. The van der Waals surface area contributed by atoms with Crippen LogP contribution in [0.2, 0.25) is 0 Å². The first kappa shape index (κ1) is 16.1. The number of thiophene rings is 1. The molecule has 0 N–H and O–H groups in total. The van der Waals surface area contributed by atoms with Crippen molar-refractivity contribution >= 4 is 23.4 Å². The summed E-state index contributed by atoms with van der Waals surface area (Å²) in [6.07, 6.45) is 6.31. The van der Waals surface area contributed by atoms with E-state index in [0.717, 1.165) is 17.1 Å². The van der Waals surface area contributed by atoms with Crippen molar-refractivity contribution in [2.24, 2.45) is 5.10 Å². The topological polar surface area (TPSA) is 28.5 Å². The Morgan fingerprint density at radius 1 is 1.35 bits per heavy atom. The highest BCUT2D eigenvalue weighted by Gasteiger charge is 2.01. The van der Waals surface area contributed by atoms with E-state index in [1.807, 2.05) is 49.8 Å². The molecule has 0 aliphatic heterocycles. The number of pyridine rings is 1. The van der Waals surface area contributed by atoms with Gasteiger partial charge in [0, 0.05) is 17.3 Å². The Kier molecular flexibility index (Phi) is 7.29. The Balaban J connectivity index is 0.000000956. The first-order valence-corrected chi connectivity index (χ1v) is 7.65. The largest absolute Gasteiger partial charge is 0.237 e. The van der Waals surface area contributed by atoms with Gasteiger partial charge in [0.25, 0.3) is 0 Å². The molecule has 0 saturated heterocycles.